The summed E-state index contributed by atoms with van der Waals surface area (Å²) in [6, 6.07) is 4.71. The number of aromatic carboxylic acids is 1. The van der Waals surface area contributed by atoms with Crippen LogP contribution in [0.15, 0.2) is 23.6 Å². The average molecular weight is 344 g/mol. The molecule has 0 radical (unpaired) electrons. The Kier molecular flexibility index (Phi) is 4.82. The Hall–Kier alpha value is -1.63. The van der Waals surface area contributed by atoms with Crippen molar-refractivity contribution in [2.75, 3.05) is 5.32 Å². The van der Waals surface area contributed by atoms with Crippen molar-refractivity contribution in [3.05, 3.63) is 44.3 Å². The quantitative estimate of drug-likeness (QED) is 0.924. The number of nitrogens with one attached hydrogen (secondary N) is 1. The fourth-order valence-electron chi connectivity index (χ4n) is 1.53. The Bertz CT molecular complexity index is 702. The molecule has 0 aliphatic rings. The summed E-state index contributed by atoms with van der Waals surface area (Å²) in [7, 11) is 0. The van der Waals surface area contributed by atoms with Crippen molar-refractivity contribution < 1.29 is 14.7 Å². The van der Waals surface area contributed by atoms with E-state index in [0.717, 1.165) is 11.3 Å². The molecule has 1 aromatic carbocycles. The molecule has 0 unspecified atom stereocenters. The molecule has 0 saturated heterocycles. The largest absolute Gasteiger partial charge is 0.543 e. The Labute approximate surface area is 134 Å². The van der Waals surface area contributed by atoms with Gasteiger partial charge in [0.25, 0.3) is 0 Å². The molecule has 1 aromatic heterocycles. The van der Waals surface area contributed by atoms with Crippen LogP contribution in [-0.4, -0.2) is 16.9 Å². The summed E-state index contributed by atoms with van der Waals surface area (Å²) in [6.45, 7) is 1.62. The lowest BCUT2D eigenvalue weighted by Crippen LogP contribution is -2.23. The molecule has 110 valence electrons. The van der Waals surface area contributed by atoms with E-state index in [9.17, 15) is 14.7 Å². The predicted molar refractivity (Wildman–Crippen MR) is 80.0 cm³/mol. The third kappa shape index (κ3) is 3.72. The third-order valence-electron chi connectivity index (χ3n) is 2.68. The zero-order valence-electron chi connectivity index (χ0n) is 10.7. The predicted octanol–water partition coefficient (Wildman–Crippen LogP) is 2.56. The molecule has 1 atom stereocenters. The van der Waals surface area contributed by atoms with E-state index >= 15 is 0 Å². The van der Waals surface area contributed by atoms with E-state index in [1.807, 2.05) is 0 Å². The number of thiazole rings is 1. The molecule has 0 spiro atoms. The van der Waals surface area contributed by atoms with Gasteiger partial charge in [-0.05, 0) is 25.1 Å². The molecule has 0 fully saturated rings. The lowest BCUT2D eigenvalue weighted by molar-refractivity contribution is -0.255. The molecule has 21 heavy (non-hydrogen) atoms. The number of hydrogen-bond donors (Lipinski definition) is 1. The van der Waals surface area contributed by atoms with Crippen molar-refractivity contribution in [1.29, 1.82) is 0 Å². The first kappa shape index (κ1) is 15.8. The van der Waals surface area contributed by atoms with E-state index in [4.69, 9.17) is 23.2 Å². The van der Waals surface area contributed by atoms with Gasteiger partial charge in [-0.2, -0.15) is 0 Å². The second kappa shape index (κ2) is 6.43. The Morgan fingerprint density at radius 1 is 1.38 bits per heavy atom. The summed E-state index contributed by atoms with van der Waals surface area (Å²) in [4.78, 5) is 26.7. The number of amides is 1. The molecule has 0 bridgehead atoms. The number of hydrogen-bond acceptors (Lipinski definition) is 5. The van der Waals surface area contributed by atoms with Crippen molar-refractivity contribution >= 4 is 52.1 Å². The van der Waals surface area contributed by atoms with Gasteiger partial charge in [-0.25, -0.2) is 4.98 Å². The van der Waals surface area contributed by atoms with E-state index in [-0.39, 0.29) is 11.6 Å². The number of rotatable bonds is 4. The molecule has 2 rings (SSSR count). The zero-order chi connectivity index (χ0) is 15.6. The topological polar surface area (TPSA) is 82.1 Å². The van der Waals surface area contributed by atoms with E-state index in [0.29, 0.717) is 20.7 Å². The minimum atomic E-state index is -1.37. The van der Waals surface area contributed by atoms with Gasteiger partial charge in [0.05, 0.1) is 28.3 Å². The first-order valence-corrected chi connectivity index (χ1v) is 7.44. The van der Waals surface area contributed by atoms with Crippen LogP contribution in [0, 0.1) is 0 Å². The second-order valence-corrected chi connectivity index (χ2v) is 5.93. The van der Waals surface area contributed by atoms with Gasteiger partial charge in [0, 0.05) is 10.4 Å². The van der Waals surface area contributed by atoms with Crippen molar-refractivity contribution in [2.24, 2.45) is 0 Å². The fourth-order valence-corrected chi connectivity index (χ4v) is 2.71. The Morgan fingerprint density at radius 3 is 2.71 bits per heavy atom. The molecule has 1 N–H and O–H groups in total. The monoisotopic (exact) mass is 343 g/mol. The zero-order valence-corrected chi connectivity index (χ0v) is 13.1. The SMILES string of the molecule is C[C@@H](C(=O)Nc1cc(Cl)ccc1Cl)c1nc(C(=O)[O-])cs1. The lowest BCUT2D eigenvalue weighted by atomic mass is 10.1. The van der Waals surface area contributed by atoms with Gasteiger partial charge < -0.3 is 15.2 Å². The van der Waals surface area contributed by atoms with Crippen molar-refractivity contribution in [2.45, 2.75) is 12.8 Å². The average Bonchev–Trinajstić information content (AvgIpc) is 2.91. The number of aromatic nitrogens is 1. The standard InChI is InChI=1S/C13H10Cl2N2O3S/c1-6(12-17-10(5-21-12)13(19)20)11(18)16-9-4-7(14)2-3-8(9)15/h2-6H,1H3,(H,16,18)(H,19,20)/p-1/t6-/m0/s1. The fraction of sp³-hybridized carbons (Fsp3) is 0.154. The van der Waals surface area contributed by atoms with Crippen LogP contribution >= 0.6 is 34.5 Å². The van der Waals surface area contributed by atoms with Gasteiger partial charge in [-0.1, -0.05) is 23.2 Å². The maximum Gasteiger partial charge on any atom is 0.234 e. The van der Waals surface area contributed by atoms with Crippen LogP contribution in [0.5, 0.6) is 0 Å². The Morgan fingerprint density at radius 2 is 2.10 bits per heavy atom. The number of carbonyl (C=O) groups excluding carboxylic acids is 2. The van der Waals surface area contributed by atoms with Crippen LogP contribution in [-0.2, 0) is 4.79 Å². The number of halogens is 2. The number of benzene rings is 1. The number of nitrogens with zero attached hydrogens (tertiary/aromatic N) is 1. The van der Waals surface area contributed by atoms with Gasteiger partial charge in [0.2, 0.25) is 5.91 Å². The number of carboxylic acid groups (broad SMARTS) is 1. The lowest BCUT2D eigenvalue weighted by Gasteiger charge is -2.11. The minimum absolute atomic E-state index is 0.185. The number of carboxylic acids is 1. The van der Waals surface area contributed by atoms with Crippen LogP contribution in [0.25, 0.3) is 0 Å². The van der Waals surface area contributed by atoms with E-state index in [1.165, 1.54) is 11.4 Å². The molecular formula is C13H9Cl2N2O3S-. The smallest absolute Gasteiger partial charge is 0.234 e. The summed E-state index contributed by atoms with van der Waals surface area (Å²) < 4.78 is 0. The summed E-state index contributed by atoms with van der Waals surface area (Å²) in [5.41, 5.74) is 0.202. The van der Waals surface area contributed by atoms with Gasteiger partial charge in [-0.15, -0.1) is 11.3 Å². The highest BCUT2D eigenvalue weighted by Crippen LogP contribution is 2.27. The molecule has 8 heteroatoms. The third-order valence-corrected chi connectivity index (χ3v) is 4.27. The number of anilines is 1. The van der Waals surface area contributed by atoms with Crippen molar-refractivity contribution in [3.63, 3.8) is 0 Å². The normalized spacial score (nSPS) is 12.0. The molecule has 2 aromatic rings. The minimum Gasteiger partial charge on any atom is -0.543 e. The maximum atomic E-state index is 12.1. The van der Waals surface area contributed by atoms with Crippen LogP contribution < -0.4 is 10.4 Å². The molecule has 0 aliphatic carbocycles. The van der Waals surface area contributed by atoms with Crippen LogP contribution in [0.4, 0.5) is 5.69 Å². The first-order chi connectivity index (χ1) is 9.88. The van der Waals surface area contributed by atoms with E-state index < -0.39 is 11.9 Å². The molecular weight excluding hydrogens is 335 g/mol. The first-order valence-electron chi connectivity index (χ1n) is 5.81. The molecule has 1 amide bonds. The molecule has 1 heterocycles. The van der Waals surface area contributed by atoms with Crippen LogP contribution in [0.2, 0.25) is 10.0 Å². The highest BCUT2D eigenvalue weighted by molar-refractivity contribution is 7.10. The Balaban J connectivity index is 2.15. The number of carbonyl (C=O) groups is 2. The summed E-state index contributed by atoms with van der Waals surface area (Å²) in [6.07, 6.45) is 0. The molecule has 5 nitrogen and oxygen atoms in total. The van der Waals surface area contributed by atoms with Gasteiger partial charge in [-0.3, -0.25) is 4.79 Å². The van der Waals surface area contributed by atoms with Gasteiger partial charge in [0.15, 0.2) is 0 Å². The molecule has 0 aliphatic heterocycles. The summed E-state index contributed by atoms with van der Waals surface area (Å²) >= 11 is 12.9. The summed E-state index contributed by atoms with van der Waals surface area (Å²) in [5, 5.41) is 15.8. The second-order valence-electron chi connectivity index (χ2n) is 4.19. The molecule has 0 saturated carbocycles. The van der Waals surface area contributed by atoms with Crippen LogP contribution in [0.3, 0.4) is 0 Å². The van der Waals surface area contributed by atoms with Gasteiger partial charge in [0.1, 0.15) is 5.01 Å². The van der Waals surface area contributed by atoms with Crippen LogP contribution in [0.1, 0.15) is 28.3 Å². The summed E-state index contributed by atoms with van der Waals surface area (Å²) in [5.74, 6) is -2.36. The highest BCUT2D eigenvalue weighted by atomic mass is 35.5. The maximum absolute atomic E-state index is 12.1. The van der Waals surface area contributed by atoms with Crippen molar-refractivity contribution in [3.8, 4) is 0 Å². The van der Waals surface area contributed by atoms with Crippen molar-refractivity contribution in [1.82, 2.24) is 4.98 Å². The highest BCUT2D eigenvalue weighted by Gasteiger charge is 2.20. The van der Waals surface area contributed by atoms with E-state index in [1.54, 1.807) is 19.1 Å². The van der Waals surface area contributed by atoms with Gasteiger partial charge >= 0.3 is 0 Å². The van der Waals surface area contributed by atoms with E-state index in [2.05, 4.69) is 10.3 Å².